The fraction of sp³-hybridized carbons (Fsp3) is 0.509. The molecule has 71 heavy (non-hydrogen) atoms. The molecule has 5 aromatic rings. The minimum absolute atomic E-state index is 0.00464. The number of nitrogens with one attached hydrogen (secondary N) is 3. The number of benzene rings is 3. The molecule has 2 aromatic heterocycles. The smallest absolute Gasteiger partial charge is 0.297 e. The van der Waals surface area contributed by atoms with Crippen LogP contribution in [0.1, 0.15) is 119 Å². The average molecular weight is 992 g/mol. The van der Waals surface area contributed by atoms with Crippen molar-refractivity contribution in [2.24, 2.45) is 11.3 Å². The zero-order chi connectivity index (χ0) is 49.5. The summed E-state index contributed by atoms with van der Waals surface area (Å²) < 4.78 is 63.5. The summed E-state index contributed by atoms with van der Waals surface area (Å²) in [4.78, 5) is 37.7. The molecule has 3 atom stereocenters. The van der Waals surface area contributed by atoms with Crippen LogP contribution < -0.4 is 29.1 Å². The second-order valence-electron chi connectivity index (χ2n) is 21.6. The zero-order valence-electron chi connectivity index (χ0n) is 40.5. The van der Waals surface area contributed by atoms with Crippen molar-refractivity contribution in [3.63, 3.8) is 0 Å². The minimum atomic E-state index is -4.75. The normalized spacial score (nSPS) is 25.7. The molecule has 3 aliphatic heterocycles. The number of hydrogen-bond donors (Lipinski definition) is 4. The largest absolute Gasteiger partial charge is 0.489 e. The van der Waals surface area contributed by atoms with E-state index in [4.69, 9.17) is 14.2 Å². The van der Waals surface area contributed by atoms with Crippen LogP contribution in [0, 0.1) is 27.3 Å². The molecule has 0 unspecified atom stereocenters. The van der Waals surface area contributed by atoms with Crippen LogP contribution in [-0.2, 0) is 15.4 Å². The number of pyridine rings is 1. The summed E-state index contributed by atoms with van der Waals surface area (Å²) in [6, 6.07) is 17.8. The lowest BCUT2D eigenvalue weighted by atomic mass is 9.70. The number of nitro groups is 1. The van der Waals surface area contributed by atoms with E-state index in [9.17, 15) is 32.8 Å². The van der Waals surface area contributed by atoms with Crippen molar-refractivity contribution in [2.45, 2.75) is 125 Å². The van der Waals surface area contributed by atoms with Gasteiger partial charge in [0.15, 0.2) is 17.2 Å². The van der Waals surface area contributed by atoms with Gasteiger partial charge in [-0.25, -0.2) is 17.5 Å². The van der Waals surface area contributed by atoms with Gasteiger partial charge in [-0.1, -0.05) is 37.6 Å². The van der Waals surface area contributed by atoms with Crippen molar-refractivity contribution in [2.75, 3.05) is 49.6 Å². The molecule has 2 saturated heterocycles. The molecule has 5 fully saturated rings. The Bertz CT molecular complexity index is 3010. The topological polar surface area (TPSA) is 201 Å². The van der Waals surface area contributed by atoms with Crippen molar-refractivity contribution in [1.29, 1.82) is 0 Å². The van der Waals surface area contributed by atoms with E-state index >= 15 is 0 Å². The minimum Gasteiger partial charge on any atom is -0.489 e. The monoisotopic (exact) mass is 991 g/mol. The number of fused-ring (bicyclic) bond motifs is 2. The summed E-state index contributed by atoms with van der Waals surface area (Å²) in [6.07, 6.45) is 11.9. The third-order valence-electron chi connectivity index (χ3n) is 16.7. The molecular weight excluding hydrogens is 930 g/mol. The van der Waals surface area contributed by atoms with Gasteiger partial charge in [-0.15, -0.1) is 0 Å². The van der Waals surface area contributed by atoms with Gasteiger partial charge in [0.2, 0.25) is 0 Å². The van der Waals surface area contributed by atoms with Gasteiger partial charge in [0.05, 0.1) is 39.0 Å². The van der Waals surface area contributed by atoms with E-state index in [1.807, 2.05) is 0 Å². The summed E-state index contributed by atoms with van der Waals surface area (Å²) in [7, 11) is -4.75. The molecule has 6 aliphatic rings. The van der Waals surface area contributed by atoms with Crippen molar-refractivity contribution in [3.8, 4) is 23.1 Å². The number of ether oxygens (including phenoxy) is 3. The van der Waals surface area contributed by atoms with E-state index < -0.39 is 42.9 Å². The highest BCUT2D eigenvalue weighted by molar-refractivity contribution is 7.90. The Labute approximate surface area is 412 Å². The number of piperidine rings is 1. The Morgan fingerprint density at radius 3 is 2.49 bits per heavy atom. The Hall–Kier alpha value is -5.98. The first-order chi connectivity index (χ1) is 34.0. The number of anilines is 2. The fourth-order valence-electron chi connectivity index (χ4n) is 12.3. The van der Waals surface area contributed by atoms with Gasteiger partial charge in [0.25, 0.3) is 27.5 Å². The number of aliphatic hydroxyl groups is 1. The Balaban J connectivity index is 0.832. The second kappa shape index (κ2) is 17.9. The molecule has 0 radical (unpaired) electrons. The van der Waals surface area contributed by atoms with Crippen molar-refractivity contribution < 1.29 is 41.8 Å². The van der Waals surface area contributed by atoms with Crippen molar-refractivity contribution in [3.05, 3.63) is 99.5 Å². The van der Waals surface area contributed by atoms with E-state index in [1.165, 1.54) is 56.5 Å². The number of nitro benzene ring substituents is 1. The highest BCUT2D eigenvalue weighted by atomic mass is 32.2. The number of amides is 1. The number of nitrogens with zero attached hydrogens (tertiary/aromatic N) is 4. The van der Waals surface area contributed by atoms with Crippen LogP contribution in [0.5, 0.6) is 23.1 Å². The summed E-state index contributed by atoms with van der Waals surface area (Å²) in [6.45, 7) is 9.93. The lowest BCUT2D eigenvalue weighted by Gasteiger charge is -2.57. The van der Waals surface area contributed by atoms with Crippen LogP contribution in [0.2, 0.25) is 0 Å². The number of halogens is 1. The molecule has 1 amide bonds. The van der Waals surface area contributed by atoms with Crippen molar-refractivity contribution >= 4 is 44.0 Å². The molecule has 11 rings (SSSR count). The lowest BCUT2D eigenvalue weighted by molar-refractivity contribution is -0.384. The molecule has 18 heteroatoms. The molecule has 16 nitrogen and oxygen atoms in total. The maximum atomic E-state index is 15.0. The molecule has 1 spiro atoms. The van der Waals surface area contributed by atoms with E-state index in [-0.39, 0.29) is 76.0 Å². The van der Waals surface area contributed by atoms with Gasteiger partial charge in [0, 0.05) is 68.4 Å². The first kappa shape index (κ1) is 47.4. The van der Waals surface area contributed by atoms with Gasteiger partial charge >= 0.3 is 0 Å². The predicted octanol–water partition coefficient (Wildman–Crippen LogP) is 9.32. The molecule has 3 aliphatic carbocycles. The van der Waals surface area contributed by atoms with Gasteiger partial charge in [-0.2, -0.15) is 4.98 Å². The van der Waals surface area contributed by atoms with Crippen LogP contribution in [0.4, 0.5) is 21.5 Å². The number of sulfonamides is 1. The van der Waals surface area contributed by atoms with Crippen LogP contribution in [0.25, 0.3) is 11.0 Å². The van der Waals surface area contributed by atoms with Gasteiger partial charge in [0.1, 0.15) is 23.8 Å². The molecule has 376 valence electrons. The van der Waals surface area contributed by atoms with Crippen LogP contribution in [-0.4, -0.2) is 96.3 Å². The van der Waals surface area contributed by atoms with Crippen molar-refractivity contribution in [1.82, 2.24) is 19.6 Å². The van der Waals surface area contributed by atoms with Gasteiger partial charge in [-0.05, 0) is 124 Å². The molecular formula is C53H62FN7O9S. The number of rotatable bonds is 13. The van der Waals surface area contributed by atoms with Crippen LogP contribution >= 0.6 is 0 Å². The lowest BCUT2D eigenvalue weighted by Crippen LogP contribution is -2.63. The van der Waals surface area contributed by atoms with Crippen LogP contribution in [0.3, 0.4) is 0 Å². The Morgan fingerprint density at radius 2 is 1.76 bits per heavy atom. The Morgan fingerprint density at radius 1 is 1.00 bits per heavy atom. The maximum absolute atomic E-state index is 15.0. The predicted molar refractivity (Wildman–Crippen MR) is 266 cm³/mol. The number of likely N-dealkylation sites (tertiary alicyclic amines) is 1. The van der Waals surface area contributed by atoms with E-state index in [2.05, 4.69) is 61.0 Å². The summed E-state index contributed by atoms with van der Waals surface area (Å²) in [5.41, 5.74) is 3.20. The fourth-order valence-corrected chi connectivity index (χ4v) is 13.3. The quantitative estimate of drug-likeness (QED) is 0.0643. The number of carbonyl (C=O) groups is 1. The third-order valence-corrected chi connectivity index (χ3v) is 18.0. The van der Waals surface area contributed by atoms with Crippen LogP contribution in [0.15, 0.2) is 71.8 Å². The summed E-state index contributed by atoms with van der Waals surface area (Å²) in [5.74, 6) is -1.03. The number of aromatic amines is 1. The third kappa shape index (κ3) is 9.04. The summed E-state index contributed by atoms with van der Waals surface area (Å²) >= 11 is 0. The van der Waals surface area contributed by atoms with E-state index in [0.29, 0.717) is 43.1 Å². The number of carbonyl (C=O) groups excluding carboxylic acids is 1. The molecule has 5 heterocycles. The summed E-state index contributed by atoms with van der Waals surface area (Å²) in [5, 5.41) is 26.3. The highest BCUT2D eigenvalue weighted by Gasteiger charge is 2.51. The van der Waals surface area contributed by atoms with Gasteiger partial charge < -0.3 is 34.5 Å². The SMILES string of the molecule is CCOc1nc2[nH]cc(F)c2cc1Oc1cc(N2CCC3(CC2)CN([C@H]2CCC[C@H]2c2ccccc2C2(C)CC2)C3)ccc1C(=O)NS(=O)(=O)c1cc2c(c([N+](=O)[O-])c1)N[C@@H]([C@H]1CC[C@](C)(O)CC1)CO2. The zero-order valence-corrected chi connectivity index (χ0v) is 41.3. The maximum Gasteiger partial charge on any atom is 0.297 e. The first-order valence-electron chi connectivity index (χ1n) is 25.2. The molecule has 0 bridgehead atoms. The van der Waals surface area contributed by atoms with E-state index in [1.54, 1.807) is 37.1 Å². The number of H-pyrrole nitrogens is 1. The molecule has 3 aromatic carbocycles. The van der Waals surface area contributed by atoms with E-state index in [0.717, 1.165) is 50.8 Å². The van der Waals surface area contributed by atoms with Gasteiger partial charge in [-0.3, -0.25) is 19.8 Å². The average Bonchev–Trinajstić information content (AvgIpc) is 3.73. The number of aromatic nitrogens is 2. The molecule has 3 saturated carbocycles. The highest BCUT2D eigenvalue weighted by Crippen LogP contribution is 2.54. The second-order valence-corrected chi connectivity index (χ2v) is 23.3. The Kier molecular flexibility index (Phi) is 12.0. The number of hydrogen-bond acceptors (Lipinski definition) is 13. The first-order valence-corrected chi connectivity index (χ1v) is 26.7. The standard InChI is InChI=1S/C53H62FN7O9S/c1-4-68-50-46(27-38-40(54)28-55-48(38)57-50)70-44-24-33(59-22-20-53(21-23-59)30-60(31-53)42-11-7-9-36(42)35-8-5-6-10-39(35)51(2)18-19-51)12-13-37(44)49(62)58-71(66,67)34-25-43(61(64)65)47-45(26-34)69-29-41(56-47)32-14-16-52(3,63)17-15-32/h5-6,8,10,12-13,24-28,32,36,41-42,56,63H,4,7,9,11,14-23,29-31H2,1-3H3,(H,55,57)(H,58,62)/t32-,36-,41+,42-,52-/m0/s1. The molecule has 4 N–H and O–H groups in total.